The first-order chi connectivity index (χ1) is 12.0. The van der Waals surface area contributed by atoms with Crippen LogP contribution in [0.2, 0.25) is 0 Å². The summed E-state index contributed by atoms with van der Waals surface area (Å²) < 4.78 is 5.35. The number of rotatable bonds is 7. The molecule has 0 unspecified atom stereocenters. The fraction of sp³-hybridized carbons (Fsp3) is 0.300. The lowest BCUT2D eigenvalue weighted by Gasteiger charge is -2.10. The molecular formula is C20H24N2O3. The van der Waals surface area contributed by atoms with Gasteiger partial charge in [0.25, 0.3) is 0 Å². The van der Waals surface area contributed by atoms with E-state index in [4.69, 9.17) is 4.74 Å². The highest BCUT2D eigenvalue weighted by molar-refractivity contribution is 5.93. The van der Waals surface area contributed by atoms with Crippen LogP contribution in [0, 0.1) is 6.92 Å². The number of ether oxygens (including phenoxy) is 1. The molecule has 132 valence electrons. The summed E-state index contributed by atoms with van der Waals surface area (Å²) in [4.78, 5) is 16.3. The Labute approximate surface area is 148 Å². The highest BCUT2D eigenvalue weighted by Crippen LogP contribution is 2.30. The van der Waals surface area contributed by atoms with Crippen molar-refractivity contribution in [1.29, 1.82) is 0 Å². The Balaban J connectivity index is 2.16. The number of carbonyl (C=O) groups is 1. The second-order valence-corrected chi connectivity index (χ2v) is 5.81. The second-order valence-electron chi connectivity index (χ2n) is 5.81. The van der Waals surface area contributed by atoms with E-state index in [1.165, 1.54) is 0 Å². The van der Waals surface area contributed by atoms with Gasteiger partial charge in [-0.25, -0.2) is 0 Å². The van der Waals surface area contributed by atoms with Gasteiger partial charge in [-0.1, -0.05) is 25.5 Å². The van der Waals surface area contributed by atoms with Crippen molar-refractivity contribution in [1.82, 2.24) is 0 Å². The third-order valence-corrected chi connectivity index (χ3v) is 3.84. The maximum absolute atomic E-state index is 11.9. The number of para-hydroxylation sites is 1. The minimum absolute atomic E-state index is 0.0268. The highest BCUT2D eigenvalue weighted by Gasteiger charge is 2.08. The zero-order valence-electron chi connectivity index (χ0n) is 14.9. The Morgan fingerprint density at radius 1 is 1.32 bits per heavy atom. The fourth-order valence-corrected chi connectivity index (χ4v) is 2.34. The van der Waals surface area contributed by atoms with Gasteiger partial charge < -0.3 is 15.2 Å². The van der Waals surface area contributed by atoms with Crippen LogP contribution >= 0.6 is 0 Å². The molecule has 2 rings (SSSR count). The third-order valence-electron chi connectivity index (χ3n) is 3.84. The molecule has 0 saturated carbocycles. The number of anilines is 1. The predicted molar refractivity (Wildman–Crippen MR) is 101 cm³/mol. The molecule has 2 N–H and O–H groups in total. The summed E-state index contributed by atoms with van der Waals surface area (Å²) in [6.07, 6.45) is 3.93. The highest BCUT2D eigenvalue weighted by atomic mass is 16.5. The molecule has 5 heteroatoms. The second kappa shape index (κ2) is 8.87. The number of aryl methyl sites for hydroxylation is 1. The van der Waals surface area contributed by atoms with Crippen molar-refractivity contribution in [2.75, 3.05) is 12.4 Å². The van der Waals surface area contributed by atoms with Crippen LogP contribution < -0.4 is 10.1 Å². The van der Waals surface area contributed by atoms with E-state index in [1.54, 1.807) is 37.6 Å². The SMILES string of the molecule is CCCCC(=O)Nc1ccc(N=Cc2cccc(C)c2O)cc1OC. The average molecular weight is 340 g/mol. The van der Waals surface area contributed by atoms with Gasteiger partial charge >= 0.3 is 0 Å². The summed E-state index contributed by atoms with van der Waals surface area (Å²) in [5, 5.41) is 12.9. The largest absolute Gasteiger partial charge is 0.507 e. The molecule has 0 atom stereocenters. The molecule has 5 nitrogen and oxygen atoms in total. The number of benzene rings is 2. The first-order valence-corrected chi connectivity index (χ1v) is 8.35. The smallest absolute Gasteiger partial charge is 0.224 e. The number of unbranched alkanes of at least 4 members (excludes halogenated alkanes) is 1. The molecule has 0 heterocycles. The number of carbonyl (C=O) groups excluding carboxylic acids is 1. The van der Waals surface area contributed by atoms with E-state index in [1.807, 2.05) is 26.0 Å². The lowest BCUT2D eigenvalue weighted by molar-refractivity contribution is -0.116. The van der Waals surface area contributed by atoms with E-state index in [-0.39, 0.29) is 11.7 Å². The minimum atomic E-state index is -0.0268. The Bertz CT molecular complexity index is 770. The quantitative estimate of drug-likeness (QED) is 0.724. The normalized spacial score (nSPS) is 10.8. The molecule has 1 amide bonds. The first-order valence-electron chi connectivity index (χ1n) is 8.35. The van der Waals surface area contributed by atoms with Crippen LogP contribution in [0.15, 0.2) is 41.4 Å². The first kappa shape index (κ1) is 18.5. The van der Waals surface area contributed by atoms with Gasteiger partial charge in [-0.2, -0.15) is 0 Å². The lowest BCUT2D eigenvalue weighted by Crippen LogP contribution is -2.11. The third kappa shape index (κ3) is 5.08. The zero-order valence-corrected chi connectivity index (χ0v) is 14.9. The van der Waals surface area contributed by atoms with E-state index < -0.39 is 0 Å². The number of hydrogen-bond donors (Lipinski definition) is 2. The molecule has 0 aromatic heterocycles. The lowest BCUT2D eigenvalue weighted by atomic mass is 10.1. The Hall–Kier alpha value is -2.82. The number of hydrogen-bond acceptors (Lipinski definition) is 4. The Kier molecular flexibility index (Phi) is 6.57. The molecule has 25 heavy (non-hydrogen) atoms. The van der Waals surface area contributed by atoms with Gasteiger partial charge in [-0.3, -0.25) is 9.79 Å². The average Bonchev–Trinajstić information content (AvgIpc) is 2.62. The van der Waals surface area contributed by atoms with Gasteiger partial charge in [0.2, 0.25) is 5.91 Å². The van der Waals surface area contributed by atoms with Crippen LogP contribution in [0.4, 0.5) is 11.4 Å². The van der Waals surface area contributed by atoms with Crippen molar-refractivity contribution in [3.8, 4) is 11.5 Å². The maximum Gasteiger partial charge on any atom is 0.224 e. The van der Waals surface area contributed by atoms with Crippen molar-refractivity contribution in [2.24, 2.45) is 4.99 Å². The van der Waals surface area contributed by atoms with E-state index >= 15 is 0 Å². The molecule has 0 fully saturated rings. The van der Waals surface area contributed by atoms with Crippen molar-refractivity contribution < 1.29 is 14.6 Å². The van der Waals surface area contributed by atoms with Crippen LogP contribution in [0.5, 0.6) is 11.5 Å². The summed E-state index contributed by atoms with van der Waals surface area (Å²) in [7, 11) is 1.55. The summed E-state index contributed by atoms with van der Waals surface area (Å²) in [5.74, 6) is 0.743. The molecule has 0 aliphatic rings. The predicted octanol–water partition coefficient (Wildman–Crippen LogP) is 4.59. The van der Waals surface area contributed by atoms with E-state index in [0.29, 0.717) is 29.1 Å². The van der Waals surface area contributed by atoms with Gasteiger partial charge in [0, 0.05) is 24.3 Å². The molecule has 0 aliphatic carbocycles. The van der Waals surface area contributed by atoms with Crippen molar-refractivity contribution in [3.63, 3.8) is 0 Å². The zero-order chi connectivity index (χ0) is 18.2. The number of nitrogens with one attached hydrogen (secondary N) is 1. The van der Waals surface area contributed by atoms with Crippen LogP contribution in [0.1, 0.15) is 37.3 Å². The molecule has 2 aromatic rings. The van der Waals surface area contributed by atoms with E-state index in [2.05, 4.69) is 10.3 Å². The number of phenolic OH excluding ortho intramolecular Hbond substituents is 1. The molecule has 0 aliphatic heterocycles. The van der Waals surface area contributed by atoms with Gasteiger partial charge in [-0.15, -0.1) is 0 Å². The van der Waals surface area contributed by atoms with Crippen molar-refractivity contribution >= 4 is 23.5 Å². The summed E-state index contributed by atoms with van der Waals surface area (Å²) in [6.45, 7) is 3.89. The number of amides is 1. The number of aliphatic imine (C=N–C) groups is 1. The summed E-state index contributed by atoms with van der Waals surface area (Å²) >= 11 is 0. The molecular weight excluding hydrogens is 316 g/mol. The van der Waals surface area contributed by atoms with E-state index in [0.717, 1.165) is 18.4 Å². The van der Waals surface area contributed by atoms with Crippen molar-refractivity contribution in [2.45, 2.75) is 33.1 Å². The Morgan fingerprint density at radius 2 is 2.12 bits per heavy atom. The van der Waals surface area contributed by atoms with Crippen LogP contribution in [-0.4, -0.2) is 24.3 Å². The topological polar surface area (TPSA) is 70.9 Å². The van der Waals surface area contributed by atoms with Crippen LogP contribution in [0.3, 0.4) is 0 Å². The Morgan fingerprint density at radius 3 is 2.84 bits per heavy atom. The van der Waals surface area contributed by atoms with Crippen LogP contribution in [0.25, 0.3) is 0 Å². The number of methoxy groups -OCH3 is 1. The fourth-order valence-electron chi connectivity index (χ4n) is 2.34. The number of phenols is 1. The standard InChI is InChI=1S/C20H24N2O3/c1-4-5-9-19(23)22-17-11-10-16(12-18(17)25-3)21-13-15-8-6-7-14(2)20(15)24/h6-8,10-13,24H,4-5,9H2,1-3H3,(H,22,23). The minimum Gasteiger partial charge on any atom is -0.507 e. The van der Waals surface area contributed by atoms with Gasteiger partial charge in [0.05, 0.1) is 18.5 Å². The summed E-state index contributed by atoms with van der Waals surface area (Å²) in [5.41, 5.74) is 2.74. The number of nitrogens with zero attached hydrogens (tertiary/aromatic N) is 1. The van der Waals surface area contributed by atoms with Crippen molar-refractivity contribution in [3.05, 3.63) is 47.5 Å². The maximum atomic E-state index is 11.9. The monoisotopic (exact) mass is 340 g/mol. The number of aromatic hydroxyl groups is 1. The van der Waals surface area contributed by atoms with Gasteiger partial charge in [-0.05, 0) is 37.1 Å². The molecule has 0 radical (unpaired) electrons. The van der Waals surface area contributed by atoms with Gasteiger partial charge in [0.15, 0.2) is 0 Å². The molecule has 0 saturated heterocycles. The molecule has 0 bridgehead atoms. The molecule has 2 aromatic carbocycles. The van der Waals surface area contributed by atoms with Crippen LogP contribution in [-0.2, 0) is 4.79 Å². The van der Waals surface area contributed by atoms with Gasteiger partial charge in [0.1, 0.15) is 11.5 Å². The molecule has 0 spiro atoms. The van der Waals surface area contributed by atoms with E-state index in [9.17, 15) is 9.90 Å². The summed E-state index contributed by atoms with van der Waals surface area (Å²) in [6, 6.07) is 10.8.